The molecule has 0 radical (unpaired) electrons. The lowest BCUT2D eigenvalue weighted by Gasteiger charge is -2.13. The fourth-order valence-corrected chi connectivity index (χ4v) is 1.86. The molecule has 20 heavy (non-hydrogen) atoms. The van der Waals surface area contributed by atoms with Crippen molar-refractivity contribution in [3.05, 3.63) is 69.8 Å². The van der Waals surface area contributed by atoms with E-state index in [4.69, 9.17) is 10.5 Å². The van der Waals surface area contributed by atoms with Gasteiger partial charge in [-0.05, 0) is 30.7 Å². The molecule has 0 aliphatic carbocycles. The molecule has 0 amide bonds. The zero-order valence-corrected chi connectivity index (χ0v) is 11.2. The molecule has 2 rings (SSSR count). The number of benzene rings is 2. The summed E-state index contributed by atoms with van der Waals surface area (Å²) < 4.78 is 5.73. The highest BCUT2D eigenvalue weighted by atomic mass is 16.6. The molecule has 0 fully saturated rings. The maximum Gasteiger partial charge on any atom is 0.269 e. The fourth-order valence-electron chi connectivity index (χ4n) is 1.86. The van der Waals surface area contributed by atoms with Gasteiger partial charge in [-0.1, -0.05) is 18.2 Å². The third-order valence-corrected chi connectivity index (χ3v) is 2.95. The van der Waals surface area contributed by atoms with Crippen molar-refractivity contribution in [2.45, 2.75) is 19.6 Å². The minimum Gasteiger partial charge on any atom is -0.489 e. The van der Waals surface area contributed by atoms with E-state index in [0.717, 1.165) is 16.9 Å². The highest BCUT2D eigenvalue weighted by Gasteiger charge is 2.08. The quantitative estimate of drug-likeness (QED) is 0.669. The average Bonchev–Trinajstić information content (AvgIpc) is 2.45. The summed E-state index contributed by atoms with van der Waals surface area (Å²) in [7, 11) is 0. The van der Waals surface area contributed by atoms with E-state index in [1.165, 1.54) is 12.1 Å². The first-order chi connectivity index (χ1) is 9.58. The van der Waals surface area contributed by atoms with Gasteiger partial charge in [0.15, 0.2) is 0 Å². The molecule has 1 atom stereocenters. The lowest BCUT2D eigenvalue weighted by atomic mass is 10.1. The number of ether oxygens (including phenoxy) is 1. The average molecular weight is 272 g/mol. The maximum atomic E-state index is 10.6. The third kappa shape index (κ3) is 3.33. The van der Waals surface area contributed by atoms with Crippen LogP contribution < -0.4 is 10.5 Å². The van der Waals surface area contributed by atoms with Crippen LogP contribution in [-0.2, 0) is 6.61 Å². The summed E-state index contributed by atoms with van der Waals surface area (Å²) >= 11 is 0. The summed E-state index contributed by atoms with van der Waals surface area (Å²) in [6, 6.07) is 13.8. The molecule has 5 heteroatoms. The minimum atomic E-state index is -0.421. The van der Waals surface area contributed by atoms with Crippen molar-refractivity contribution in [1.82, 2.24) is 0 Å². The number of nitro benzene ring substituents is 1. The van der Waals surface area contributed by atoms with Crippen LogP contribution in [0.3, 0.4) is 0 Å². The number of nitro groups is 1. The molecule has 104 valence electrons. The van der Waals surface area contributed by atoms with Crippen molar-refractivity contribution in [3.8, 4) is 5.75 Å². The Balaban J connectivity index is 2.07. The van der Waals surface area contributed by atoms with Gasteiger partial charge in [0, 0.05) is 23.7 Å². The number of rotatable bonds is 5. The van der Waals surface area contributed by atoms with E-state index in [-0.39, 0.29) is 11.7 Å². The van der Waals surface area contributed by atoms with Crippen molar-refractivity contribution >= 4 is 5.69 Å². The molecule has 0 aliphatic heterocycles. The van der Waals surface area contributed by atoms with Crippen LogP contribution >= 0.6 is 0 Å². The van der Waals surface area contributed by atoms with E-state index in [1.54, 1.807) is 12.1 Å². The first-order valence-corrected chi connectivity index (χ1v) is 6.28. The van der Waals surface area contributed by atoms with E-state index >= 15 is 0 Å². The van der Waals surface area contributed by atoms with Crippen LogP contribution in [0, 0.1) is 10.1 Å². The van der Waals surface area contributed by atoms with Crippen LogP contribution in [0.4, 0.5) is 5.69 Å². The molecular formula is C15H16N2O3. The zero-order valence-electron chi connectivity index (χ0n) is 11.2. The van der Waals surface area contributed by atoms with Crippen molar-refractivity contribution < 1.29 is 9.66 Å². The SMILES string of the molecule is CC(N)c1ccccc1OCc1ccc([N+](=O)[O-])cc1. The zero-order chi connectivity index (χ0) is 14.5. The maximum absolute atomic E-state index is 10.6. The van der Waals surface area contributed by atoms with Gasteiger partial charge in [0.1, 0.15) is 12.4 Å². The standard InChI is InChI=1S/C15H16N2O3/c1-11(16)14-4-2-3-5-15(14)20-10-12-6-8-13(9-7-12)17(18)19/h2-9,11H,10,16H2,1H3. The Morgan fingerprint density at radius 1 is 1.20 bits per heavy atom. The normalized spacial score (nSPS) is 11.9. The first-order valence-electron chi connectivity index (χ1n) is 6.28. The molecule has 0 aromatic heterocycles. The van der Waals surface area contributed by atoms with Gasteiger partial charge in [-0.2, -0.15) is 0 Å². The van der Waals surface area contributed by atoms with Gasteiger partial charge in [-0.3, -0.25) is 10.1 Å². The molecule has 0 saturated carbocycles. The van der Waals surface area contributed by atoms with Gasteiger partial charge in [0.05, 0.1) is 4.92 Å². The van der Waals surface area contributed by atoms with E-state index in [2.05, 4.69) is 0 Å². The predicted molar refractivity (Wildman–Crippen MR) is 76.5 cm³/mol. The van der Waals surface area contributed by atoms with E-state index in [1.807, 2.05) is 31.2 Å². The van der Waals surface area contributed by atoms with E-state index in [0.29, 0.717) is 6.61 Å². The first kappa shape index (κ1) is 14.0. The van der Waals surface area contributed by atoms with Gasteiger partial charge < -0.3 is 10.5 Å². The van der Waals surface area contributed by atoms with Crippen molar-refractivity contribution in [2.75, 3.05) is 0 Å². The van der Waals surface area contributed by atoms with Gasteiger partial charge in [0.2, 0.25) is 0 Å². The van der Waals surface area contributed by atoms with E-state index < -0.39 is 4.92 Å². The Hall–Kier alpha value is -2.40. The third-order valence-electron chi connectivity index (χ3n) is 2.95. The number of nitrogens with two attached hydrogens (primary N) is 1. The van der Waals surface area contributed by atoms with Gasteiger partial charge in [-0.15, -0.1) is 0 Å². The lowest BCUT2D eigenvalue weighted by molar-refractivity contribution is -0.384. The summed E-state index contributed by atoms with van der Waals surface area (Å²) in [4.78, 5) is 10.2. The minimum absolute atomic E-state index is 0.0738. The largest absolute Gasteiger partial charge is 0.489 e. The monoisotopic (exact) mass is 272 g/mol. The summed E-state index contributed by atoms with van der Waals surface area (Å²) in [6.07, 6.45) is 0. The molecule has 0 heterocycles. The Morgan fingerprint density at radius 2 is 1.85 bits per heavy atom. The summed E-state index contributed by atoms with van der Waals surface area (Å²) in [5.41, 5.74) is 7.77. The number of hydrogen-bond acceptors (Lipinski definition) is 4. The molecule has 5 nitrogen and oxygen atoms in total. The molecule has 2 aromatic rings. The second-order valence-electron chi connectivity index (χ2n) is 4.54. The van der Waals surface area contributed by atoms with Crippen LogP contribution in [0.5, 0.6) is 5.75 Å². The molecule has 0 bridgehead atoms. The smallest absolute Gasteiger partial charge is 0.269 e. The van der Waals surface area contributed by atoms with Gasteiger partial charge in [-0.25, -0.2) is 0 Å². The Morgan fingerprint density at radius 3 is 2.45 bits per heavy atom. The topological polar surface area (TPSA) is 78.4 Å². The number of non-ortho nitro benzene ring substituents is 1. The van der Waals surface area contributed by atoms with Crippen molar-refractivity contribution in [3.63, 3.8) is 0 Å². The molecule has 2 aromatic carbocycles. The Bertz CT molecular complexity index is 594. The molecule has 0 aliphatic rings. The Kier molecular flexibility index (Phi) is 4.32. The molecule has 2 N–H and O–H groups in total. The fraction of sp³-hybridized carbons (Fsp3) is 0.200. The van der Waals surface area contributed by atoms with Crippen LogP contribution in [0.25, 0.3) is 0 Å². The van der Waals surface area contributed by atoms with Crippen LogP contribution in [0.2, 0.25) is 0 Å². The molecule has 1 unspecified atom stereocenters. The number of nitrogens with zero attached hydrogens (tertiary/aromatic N) is 1. The Labute approximate surface area is 117 Å². The summed E-state index contributed by atoms with van der Waals surface area (Å²) in [5, 5.41) is 10.6. The van der Waals surface area contributed by atoms with Gasteiger partial charge >= 0.3 is 0 Å². The van der Waals surface area contributed by atoms with E-state index in [9.17, 15) is 10.1 Å². The lowest BCUT2D eigenvalue weighted by Crippen LogP contribution is -2.07. The second-order valence-corrected chi connectivity index (χ2v) is 4.54. The van der Waals surface area contributed by atoms with Crippen molar-refractivity contribution in [1.29, 1.82) is 0 Å². The predicted octanol–water partition coefficient (Wildman–Crippen LogP) is 3.19. The molecule has 0 saturated heterocycles. The highest BCUT2D eigenvalue weighted by molar-refractivity contribution is 5.36. The highest BCUT2D eigenvalue weighted by Crippen LogP contribution is 2.24. The second kappa shape index (κ2) is 6.16. The van der Waals surface area contributed by atoms with Crippen LogP contribution in [0.1, 0.15) is 24.1 Å². The molecular weight excluding hydrogens is 256 g/mol. The summed E-state index contributed by atoms with van der Waals surface area (Å²) in [5.74, 6) is 0.737. The van der Waals surface area contributed by atoms with Crippen molar-refractivity contribution in [2.24, 2.45) is 5.73 Å². The summed E-state index contributed by atoms with van der Waals surface area (Å²) in [6.45, 7) is 2.25. The van der Waals surface area contributed by atoms with Crippen LogP contribution in [-0.4, -0.2) is 4.92 Å². The number of para-hydroxylation sites is 1. The van der Waals surface area contributed by atoms with Crippen LogP contribution in [0.15, 0.2) is 48.5 Å². The number of hydrogen-bond donors (Lipinski definition) is 1. The molecule has 0 spiro atoms. The van der Waals surface area contributed by atoms with Gasteiger partial charge in [0.25, 0.3) is 5.69 Å².